The highest BCUT2D eigenvalue weighted by atomic mass is 32.2. The fourth-order valence-corrected chi connectivity index (χ4v) is 5.28. The van der Waals surface area contributed by atoms with Gasteiger partial charge in [-0.05, 0) is 47.5 Å². The van der Waals surface area contributed by atoms with Crippen molar-refractivity contribution in [3.05, 3.63) is 71.8 Å². The van der Waals surface area contributed by atoms with Crippen LogP contribution in [0.4, 0.5) is 10.8 Å². The first-order valence-corrected chi connectivity index (χ1v) is 13.2. The lowest BCUT2D eigenvalue weighted by molar-refractivity contribution is -0.113. The molecule has 0 saturated carbocycles. The molecule has 4 aromatic rings. The Morgan fingerprint density at radius 2 is 1.66 bits per heavy atom. The number of anilines is 2. The Kier molecular flexibility index (Phi) is 8.01. The Bertz CT molecular complexity index is 1380. The van der Waals surface area contributed by atoms with Crippen molar-refractivity contribution in [1.82, 2.24) is 9.36 Å². The van der Waals surface area contributed by atoms with Crippen LogP contribution in [-0.4, -0.2) is 43.8 Å². The monoisotopic (exact) mass is 524 g/mol. The molecule has 0 aliphatic carbocycles. The molecule has 0 atom stereocenters. The number of carboxylic acid groups (broad SMARTS) is 1. The normalized spacial score (nSPS) is 10.8. The largest absolute Gasteiger partial charge is 0.478 e. The van der Waals surface area contributed by atoms with Crippen LogP contribution in [0, 0.1) is 0 Å². The van der Waals surface area contributed by atoms with Crippen molar-refractivity contribution in [3.8, 4) is 0 Å². The molecular formula is C24H20N4O4S3. The van der Waals surface area contributed by atoms with Crippen LogP contribution in [0.1, 0.15) is 27.6 Å². The second-order valence-corrected chi connectivity index (χ2v) is 10.2. The van der Waals surface area contributed by atoms with E-state index < -0.39 is 11.9 Å². The van der Waals surface area contributed by atoms with E-state index in [-0.39, 0.29) is 22.8 Å². The van der Waals surface area contributed by atoms with Gasteiger partial charge in [-0.25, -0.2) is 4.79 Å². The van der Waals surface area contributed by atoms with E-state index in [1.807, 2.05) is 6.92 Å². The quantitative estimate of drug-likeness (QED) is 0.246. The molecule has 3 N–H and O–H groups in total. The number of carboxylic acids is 1. The van der Waals surface area contributed by atoms with Crippen molar-refractivity contribution in [3.63, 3.8) is 0 Å². The molecule has 0 spiro atoms. The molecule has 35 heavy (non-hydrogen) atoms. The Morgan fingerprint density at radius 1 is 0.943 bits per heavy atom. The second kappa shape index (κ2) is 11.3. The number of nitrogens with zero attached hydrogens (tertiary/aromatic N) is 2. The highest BCUT2D eigenvalue weighted by Crippen LogP contribution is 2.26. The molecule has 0 bridgehead atoms. The molecule has 1 heterocycles. The maximum Gasteiger partial charge on any atom is 0.336 e. The molecule has 0 unspecified atom stereocenters. The summed E-state index contributed by atoms with van der Waals surface area (Å²) >= 11 is 4.02. The number of fused-ring (bicyclic) bond motifs is 1. The van der Waals surface area contributed by atoms with Gasteiger partial charge in [-0.2, -0.15) is 9.36 Å². The molecule has 11 heteroatoms. The lowest BCUT2D eigenvalue weighted by atomic mass is 9.98. The van der Waals surface area contributed by atoms with Gasteiger partial charge in [0, 0.05) is 33.1 Å². The Balaban J connectivity index is 1.37. The first-order chi connectivity index (χ1) is 16.9. The van der Waals surface area contributed by atoms with Crippen molar-refractivity contribution >= 4 is 74.4 Å². The minimum Gasteiger partial charge on any atom is -0.478 e. The van der Waals surface area contributed by atoms with Crippen LogP contribution in [0.15, 0.2) is 70.7 Å². The molecule has 2 amide bonds. The zero-order valence-corrected chi connectivity index (χ0v) is 20.9. The third-order valence-electron chi connectivity index (χ3n) is 4.79. The Morgan fingerprint density at radius 3 is 2.34 bits per heavy atom. The van der Waals surface area contributed by atoms with Crippen molar-refractivity contribution in [2.75, 3.05) is 22.1 Å². The number of thioether (sulfide) groups is 2. The number of carbonyl (C=O) groups is 3. The van der Waals surface area contributed by atoms with E-state index >= 15 is 0 Å². The lowest BCUT2D eigenvalue weighted by Crippen LogP contribution is -2.14. The topological polar surface area (TPSA) is 121 Å². The van der Waals surface area contributed by atoms with Gasteiger partial charge >= 0.3 is 5.97 Å². The number of rotatable bonds is 9. The molecule has 178 valence electrons. The summed E-state index contributed by atoms with van der Waals surface area (Å²) in [4.78, 5) is 41.9. The molecule has 0 aliphatic heterocycles. The smallest absolute Gasteiger partial charge is 0.336 e. The van der Waals surface area contributed by atoms with Crippen LogP contribution in [0.25, 0.3) is 10.8 Å². The Hall–Kier alpha value is -3.41. The van der Waals surface area contributed by atoms with Crippen LogP contribution in [0.5, 0.6) is 0 Å². The average molecular weight is 525 g/mol. The van der Waals surface area contributed by atoms with Crippen molar-refractivity contribution < 1.29 is 19.5 Å². The summed E-state index contributed by atoms with van der Waals surface area (Å²) in [5, 5.41) is 17.3. The van der Waals surface area contributed by atoms with Gasteiger partial charge < -0.3 is 10.4 Å². The maximum atomic E-state index is 12.9. The molecule has 3 aromatic carbocycles. The zero-order chi connectivity index (χ0) is 24.8. The molecule has 0 fully saturated rings. The first-order valence-electron chi connectivity index (χ1n) is 10.5. The number of hydrogen-bond donors (Lipinski definition) is 3. The third-order valence-corrected chi connectivity index (χ3v) is 7.28. The van der Waals surface area contributed by atoms with Crippen molar-refractivity contribution in [2.45, 2.75) is 17.0 Å². The number of aromatic nitrogens is 2. The van der Waals surface area contributed by atoms with E-state index in [2.05, 4.69) is 20.0 Å². The fraction of sp³-hybridized carbons (Fsp3) is 0.125. The highest BCUT2D eigenvalue weighted by molar-refractivity contribution is 8.00. The van der Waals surface area contributed by atoms with Crippen LogP contribution >= 0.6 is 35.1 Å². The summed E-state index contributed by atoms with van der Waals surface area (Å²) in [5.41, 5.74) is 0.920. The summed E-state index contributed by atoms with van der Waals surface area (Å²) in [6.07, 6.45) is 0. The molecule has 0 aliphatic rings. The van der Waals surface area contributed by atoms with E-state index in [0.29, 0.717) is 26.7 Å². The maximum absolute atomic E-state index is 12.9. The summed E-state index contributed by atoms with van der Waals surface area (Å²) in [7, 11) is 0. The van der Waals surface area contributed by atoms with Crippen LogP contribution < -0.4 is 10.6 Å². The minimum absolute atomic E-state index is 0.0761. The average Bonchev–Trinajstić information content (AvgIpc) is 3.29. The van der Waals surface area contributed by atoms with E-state index in [0.717, 1.165) is 22.2 Å². The summed E-state index contributed by atoms with van der Waals surface area (Å²) in [6, 6.07) is 17.1. The molecule has 8 nitrogen and oxygen atoms in total. The van der Waals surface area contributed by atoms with Crippen LogP contribution in [0.3, 0.4) is 0 Å². The molecule has 4 rings (SSSR count). The van der Waals surface area contributed by atoms with E-state index in [1.165, 1.54) is 29.6 Å². The molecule has 1 aromatic heterocycles. The number of hydrogen-bond acceptors (Lipinski definition) is 8. The van der Waals surface area contributed by atoms with Gasteiger partial charge in [-0.1, -0.05) is 43.0 Å². The zero-order valence-electron chi connectivity index (χ0n) is 18.5. The predicted octanol–water partition coefficient (Wildman–Crippen LogP) is 5.48. The van der Waals surface area contributed by atoms with Gasteiger partial charge in [0.05, 0.1) is 11.3 Å². The number of nitrogens with one attached hydrogen (secondary N) is 2. The van der Waals surface area contributed by atoms with Crippen LogP contribution in [-0.2, 0) is 4.79 Å². The van der Waals surface area contributed by atoms with Crippen LogP contribution in [0.2, 0.25) is 0 Å². The number of benzene rings is 3. The fourth-order valence-electron chi connectivity index (χ4n) is 3.29. The second-order valence-electron chi connectivity index (χ2n) is 7.14. The predicted molar refractivity (Wildman–Crippen MR) is 141 cm³/mol. The van der Waals surface area contributed by atoms with Crippen molar-refractivity contribution in [1.29, 1.82) is 0 Å². The lowest BCUT2D eigenvalue weighted by Gasteiger charge is -2.11. The minimum atomic E-state index is -1.09. The first kappa shape index (κ1) is 24.7. The summed E-state index contributed by atoms with van der Waals surface area (Å²) < 4.78 is 4.17. The Labute approximate surface area is 213 Å². The summed E-state index contributed by atoms with van der Waals surface area (Å²) in [5.74, 6) is -0.603. The van der Waals surface area contributed by atoms with Gasteiger partial charge in [-0.3, -0.25) is 14.9 Å². The third kappa shape index (κ3) is 6.18. The number of carbonyl (C=O) groups excluding carboxylic acids is 2. The van der Waals surface area contributed by atoms with Gasteiger partial charge in [-0.15, -0.1) is 11.8 Å². The van der Waals surface area contributed by atoms with Gasteiger partial charge in [0.1, 0.15) is 0 Å². The van der Waals surface area contributed by atoms with Gasteiger partial charge in [0.15, 0.2) is 0 Å². The number of aromatic carboxylic acids is 1. The molecular weight excluding hydrogens is 504 g/mol. The highest BCUT2D eigenvalue weighted by Gasteiger charge is 2.17. The molecule has 0 saturated heterocycles. The van der Waals surface area contributed by atoms with Gasteiger partial charge in [0.2, 0.25) is 16.2 Å². The van der Waals surface area contributed by atoms with E-state index in [1.54, 1.807) is 54.6 Å². The van der Waals surface area contributed by atoms with E-state index in [4.69, 9.17) is 0 Å². The van der Waals surface area contributed by atoms with Crippen molar-refractivity contribution in [2.24, 2.45) is 0 Å². The molecule has 0 radical (unpaired) electrons. The van der Waals surface area contributed by atoms with Gasteiger partial charge in [0.25, 0.3) is 5.91 Å². The SMILES string of the molecule is CCSc1nsc(NC(=O)CSc2ccc(NC(=O)c3cccc4cccc(C(=O)O)c34)cc2)n1. The summed E-state index contributed by atoms with van der Waals surface area (Å²) in [6.45, 7) is 2.01. The standard InChI is InChI=1S/C24H20N4O4S3/c1-2-33-24-27-23(35-28-24)26-19(29)13-34-16-11-9-15(10-12-16)25-21(30)17-7-3-5-14-6-4-8-18(20(14)17)22(31)32/h3-12H,2,13H2,1H3,(H,25,30)(H,31,32)(H,26,27,28,29). The van der Waals surface area contributed by atoms with E-state index in [9.17, 15) is 19.5 Å². The number of amides is 2.